The van der Waals surface area contributed by atoms with E-state index in [9.17, 15) is 4.79 Å². The lowest BCUT2D eigenvalue weighted by Gasteiger charge is -2.54. The van der Waals surface area contributed by atoms with Crippen LogP contribution in [0.1, 0.15) is 57.8 Å². The molecule has 1 saturated heterocycles. The largest absolute Gasteiger partial charge is 0.339 e. The number of carbonyl (C=O) groups is 1. The number of hydrogen-bond acceptors (Lipinski definition) is 1. The van der Waals surface area contributed by atoms with Crippen LogP contribution in [0, 0.1) is 29.6 Å². The van der Waals surface area contributed by atoms with Gasteiger partial charge >= 0.3 is 0 Å². The van der Waals surface area contributed by atoms with Crippen molar-refractivity contribution in [3.63, 3.8) is 0 Å². The fourth-order valence-electron chi connectivity index (χ4n) is 6.26. The van der Waals surface area contributed by atoms with Crippen LogP contribution in [0.2, 0.25) is 0 Å². The van der Waals surface area contributed by atoms with Gasteiger partial charge in [0.1, 0.15) is 0 Å². The van der Waals surface area contributed by atoms with Gasteiger partial charge in [-0.3, -0.25) is 4.79 Å². The lowest BCUT2D eigenvalue weighted by atomic mass is 9.51. The van der Waals surface area contributed by atoms with E-state index in [0.717, 1.165) is 35.5 Å². The van der Waals surface area contributed by atoms with Crippen LogP contribution in [-0.4, -0.2) is 28.7 Å². The summed E-state index contributed by atoms with van der Waals surface area (Å²) in [7, 11) is 0. The molecular formula is C18H28BrNO. The monoisotopic (exact) mass is 353 g/mol. The van der Waals surface area contributed by atoms with Gasteiger partial charge in [-0.1, -0.05) is 15.9 Å². The first kappa shape index (κ1) is 14.5. The van der Waals surface area contributed by atoms with Crippen LogP contribution in [-0.2, 0) is 4.79 Å². The third-order valence-corrected chi connectivity index (χ3v) is 7.40. The summed E-state index contributed by atoms with van der Waals surface area (Å²) in [5, 5.41) is 1.07. The number of hydrogen-bond donors (Lipinski definition) is 0. The Morgan fingerprint density at radius 1 is 1.05 bits per heavy atom. The topological polar surface area (TPSA) is 20.3 Å². The molecule has 5 rings (SSSR count). The first-order valence-corrected chi connectivity index (χ1v) is 10.2. The van der Waals surface area contributed by atoms with Gasteiger partial charge in [0.2, 0.25) is 5.91 Å². The normalized spacial score (nSPS) is 44.5. The summed E-state index contributed by atoms with van der Waals surface area (Å²) in [5.41, 5.74) is 0. The standard InChI is InChI=1S/C18H28BrNO/c19-5-1-3-16-4-2-6-20(16)18(21)17-14-8-12-7-13(10-14)11-15(17)9-12/h12-17H,1-11H2. The van der Waals surface area contributed by atoms with Crippen molar-refractivity contribution in [3.8, 4) is 0 Å². The molecule has 1 amide bonds. The summed E-state index contributed by atoms with van der Waals surface area (Å²) in [6.07, 6.45) is 11.8. The zero-order valence-corrected chi connectivity index (χ0v) is 14.6. The van der Waals surface area contributed by atoms with Gasteiger partial charge in [-0.05, 0) is 81.5 Å². The van der Waals surface area contributed by atoms with Crippen molar-refractivity contribution in [2.24, 2.45) is 29.6 Å². The number of nitrogens with zero attached hydrogens (tertiary/aromatic N) is 1. The van der Waals surface area contributed by atoms with Crippen LogP contribution in [0.4, 0.5) is 0 Å². The molecule has 118 valence electrons. The maximum atomic E-state index is 13.2. The number of halogens is 1. The van der Waals surface area contributed by atoms with Crippen LogP contribution in [0.3, 0.4) is 0 Å². The maximum absolute atomic E-state index is 13.2. The second-order valence-corrected chi connectivity index (χ2v) is 8.91. The Labute approximate surface area is 137 Å². The highest BCUT2D eigenvalue weighted by molar-refractivity contribution is 9.09. The Kier molecular flexibility index (Phi) is 4.06. The molecule has 0 aromatic rings. The molecule has 21 heavy (non-hydrogen) atoms. The molecule has 1 atom stereocenters. The zero-order chi connectivity index (χ0) is 14.4. The molecular weight excluding hydrogens is 326 g/mol. The molecule has 0 N–H and O–H groups in total. The van der Waals surface area contributed by atoms with E-state index in [1.54, 1.807) is 0 Å². The predicted molar refractivity (Wildman–Crippen MR) is 88.3 cm³/mol. The molecule has 1 heterocycles. The second kappa shape index (κ2) is 5.86. The quantitative estimate of drug-likeness (QED) is 0.692. The third-order valence-electron chi connectivity index (χ3n) is 6.84. The van der Waals surface area contributed by atoms with Gasteiger partial charge in [-0.15, -0.1) is 0 Å². The lowest BCUT2D eigenvalue weighted by molar-refractivity contribution is -0.150. The van der Waals surface area contributed by atoms with Crippen LogP contribution in [0.15, 0.2) is 0 Å². The number of carbonyl (C=O) groups excluding carboxylic acids is 1. The molecule has 0 aromatic carbocycles. The summed E-state index contributed by atoms with van der Waals surface area (Å²) in [6.45, 7) is 1.04. The van der Waals surface area contributed by atoms with Gasteiger partial charge in [-0.25, -0.2) is 0 Å². The maximum Gasteiger partial charge on any atom is 0.226 e. The molecule has 4 aliphatic carbocycles. The molecule has 0 aromatic heterocycles. The number of likely N-dealkylation sites (tertiary alicyclic amines) is 1. The van der Waals surface area contributed by atoms with E-state index < -0.39 is 0 Å². The second-order valence-electron chi connectivity index (χ2n) is 8.12. The summed E-state index contributed by atoms with van der Waals surface area (Å²) < 4.78 is 0. The van der Waals surface area contributed by atoms with E-state index in [4.69, 9.17) is 0 Å². The number of alkyl halides is 1. The number of amides is 1. The molecule has 5 fully saturated rings. The van der Waals surface area contributed by atoms with Gasteiger partial charge in [0.15, 0.2) is 0 Å². The van der Waals surface area contributed by atoms with E-state index >= 15 is 0 Å². The van der Waals surface area contributed by atoms with E-state index in [-0.39, 0.29) is 0 Å². The fraction of sp³-hybridized carbons (Fsp3) is 0.944. The van der Waals surface area contributed by atoms with E-state index in [0.29, 0.717) is 17.9 Å². The van der Waals surface area contributed by atoms with Gasteiger partial charge < -0.3 is 4.90 Å². The summed E-state index contributed by atoms with van der Waals surface area (Å²) in [5.74, 6) is 4.39. The van der Waals surface area contributed by atoms with Crippen LogP contribution in [0.5, 0.6) is 0 Å². The first-order chi connectivity index (χ1) is 10.3. The van der Waals surface area contributed by atoms with Crippen molar-refractivity contribution in [1.29, 1.82) is 0 Å². The van der Waals surface area contributed by atoms with Crippen molar-refractivity contribution in [2.75, 3.05) is 11.9 Å². The SMILES string of the molecule is O=C(C1C2CC3CC(C2)CC1C3)N1CCCC1CCCBr. The summed E-state index contributed by atoms with van der Waals surface area (Å²) in [4.78, 5) is 15.5. The first-order valence-electron chi connectivity index (χ1n) is 9.12. The molecule has 2 nitrogen and oxygen atoms in total. The number of rotatable bonds is 4. The predicted octanol–water partition coefficient (Wildman–Crippen LogP) is 4.22. The van der Waals surface area contributed by atoms with Crippen LogP contribution in [0.25, 0.3) is 0 Å². The van der Waals surface area contributed by atoms with Crippen molar-refractivity contribution >= 4 is 21.8 Å². The minimum absolute atomic E-state index is 0.405. The van der Waals surface area contributed by atoms with Crippen molar-refractivity contribution in [3.05, 3.63) is 0 Å². The molecule has 3 heteroatoms. The highest BCUT2D eigenvalue weighted by atomic mass is 79.9. The van der Waals surface area contributed by atoms with E-state index in [2.05, 4.69) is 20.8 Å². The smallest absolute Gasteiger partial charge is 0.226 e. The molecule has 0 radical (unpaired) electrons. The highest BCUT2D eigenvalue weighted by Gasteiger charge is 2.52. The van der Waals surface area contributed by atoms with E-state index in [1.165, 1.54) is 57.8 Å². The van der Waals surface area contributed by atoms with Crippen LogP contribution < -0.4 is 0 Å². The Morgan fingerprint density at radius 2 is 1.71 bits per heavy atom. The molecule has 5 aliphatic rings. The average molecular weight is 354 g/mol. The minimum atomic E-state index is 0.405. The minimum Gasteiger partial charge on any atom is -0.339 e. The molecule has 0 spiro atoms. The van der Waals surface area contributed by atoms with Gasteiger partial charge in [0.05, 0.1) is 0 Å². The van der Waals surface area contributed by atoms with Gasteiger partial charge in [-0.2, -0.15) is 0 Å². The Bertz CT molecular complexity index is 382. The van der Waals surface area contributed by atoms with Gasteiger partial charge in [0, 0.05) is 23.8 Å². The third kappa shape index (κ3) is 2.58. The van der Waals surface area contributed by atoms with Crippen LogP contribution >= 0.6 is 15.9 Å². The Morgan fingerprint density at radius 3 is 2.33 bits per heavy atom. The van der Waals surface area contributed by atoms with Crippen molar-refractivity contribution in [1.82, 2.24) is 4.90 Å². The Hall–Kier alpha value is -0.0500. The molecule has 4 bridgehead atoms. The lowest BCUT2D eigenvalue weighted by Crippen LogP contribution is -2.52. The van der Waals surface area contributed by atoms with Gasteiger partial charge in [0.25, 0.3) is 0 Å². The van der Waals surface area contributed by atoms with Crippen molar-refractivity contribution in [2.45, 2.75) is 63.8 Å². The zero-order valence-electron chi connectivity index (χ0n) is 13.0. The summed E-state index contributed by atoms with van der Waals surface area (Å²) >= 11 is 3.54. The molecule has 1 unspecified atom stereocenters. The molecule has 1 aliphatic heterocycles. The highest BCUT2D eigenvalue weighted by Crippen LogP contribution is 2.57. The molecule has 4 saturated carbocycles. The van der Waals surface area contributed by atoms with E-state index in [1.807, 2.05) is 0 Å². The summed E-state index contributed by atoms with van der Waals surface area (Å²) in [6, 6.07) is 0.548. The van der Waals surface area contributed by atoms with Crippen molar-refractivity contribution < 1.29 is 4.79 Å². The average Bonchev–Trinajstić information content (AvgIpc) is 2.92. The Balaban J connectivity index is 1.47. The fourth-order valence-corrected chi connectivity index (χ4v) is 6.58.